The molecule has 0 spiro atoms. The quantitative estimate of drug-likeness (QED) is 0.192. The van der Waals surface area contributed by atoms with Crippen LogP contribution < -0.4 is 28.6 Å². The summed E-state index contributed by atoms with van der Waals surface area (Å²) in [7, 11) is 1.54. The standard InChI is InChI=1S/C42H29NO8/c1-47-29-14-8-13-28(21-29)43-38(44)36-37(39(43)45)42(27-11-6-3-7-12-27)35(25-16-18-31-33(20-25)51-23-49-31)34(24-15-17-30-32(19-24)50-22-48-30)41(36,40(42)46)26-9-4-2-5-10-26/h2-21,36-37H,22-23H2,1H3/t36-,37-,41+,42+/m1/s1. The van der Waals surface area contributed by atoms with Crippen molar-refractivity contribution in [3.05, 3.63) is 144 Å². The topological polar surface area (TPSA) is 101 Å². The number of hydrogen-bond acceptors (Lipinski definition) is 8. The Labute approximate surface area is 292 Å². The number of anilines is 1. The molecule has 0 N–H and O–H groups in total. The Morgan fingerprint density at radius 3 is 1.55 bits per heavy atom. The van der Waals surface area contributed by atoms with Gasteiger partial charge in [-0.15, -0.1) is 0 Å². The van der Waals surface area contributed by atoms with E-state index in [4.69, 9.17) is 23.7 Å². The first-order valence-corrected chi connectivity index (χ1v) is 16.7. The van der Waals surface area contributed by atoms with Crippen LogP contribution in [0.5, 0.6) is 28.7 Å². The highest BCUT2D eigenvalue weighted by Gasteiger charge is 2.82. The van der Waals surface area contributed by atoms with Crippen molar-refractivity contribution < 1.29 is 38.1 Å². The second kappa shape index (κ2) is 10.6. The van der Waals surface area contributed by atoms with Crippen LogP contribution in [-0.4, -0.2) is 38.3 Å². The number of fused-ring (bicyclic) bond motifs is 7. The molecule has 5 aromatic carbocycles. The van der Waals surface area contributed by atoms with Crippen LogP contribution in [0, 0.1) is 11.8 Å². The monoisotopic (exact) mass is 675 g/mol. The van der Waals surface area contributed by atoms with E-state index in [9.17, 15) is 0 Å². The molecule has 5 aromatic rings. The van der Waals surface area contributed by atoms with Gasteiger partial charge < -0.3 is 23.7 Å². The minimum absolute atomic E-state index is 0.0662. The maximum atomic E-state index is 16.2. The van der Waals surface area contributed by atoms with Crippen LogP contribution in [0.1, 0.15) is 22.3 Å². The minimum Gasteiger partial charge on any atom is -0.497 e. The number of methoxy groups -OCH3 is 1. The van der Waals surface area contributed by atoms with Crippen LogP contribution >= 0.6 is 0 Å². The van der Waals surface area contributed by atoms with Crippen molar-refractivity contribution >= 4 is 34.4 Å². The largest absolute Gasteiger partial charge is 0.497 e. The molecule has 0 unspecified atom stereocenters. The van der Waals surface area contributed by atoms with Gasteiger partial charge in [-0.1, -0.05) is 78.9 Å². The number of imide groups is 1. The average molecular weight is 676 g/mol. The predicted octanol–water partition coefficient (Wildman–Crippen LogP) is 6.34. The molecule has 4 atom stereocenters. The Kier molecular flexibility index (Phi) is 6.13. The van der Waals surface area contributed by atoms with Gasteiger partial charge in [0, 0.05) is 6.07 Å². The lowest BCUT2D eigenvalue weighted by Crippen LogP contribution is -2.45. The Morgan fingerprint density at radius 2 is 1.06 bits per heavy atom. The van der Waals surface area contributed by atoms with Crippen LogP contribution in [0.2, 0.25) is 0 Å². The van der Waals surface area contributed by atoms with Gasteiger partial charge in [-0.2, -0.15) is 0 Å². The second-order valence-corrected chi connectivity index (χ2v) is 13.2. The highest BCUT2D eigenvalue weighted by molar-refractivity contribution is 6.39. The first-order chi connectivity index (χ1) is 25.0. The van der Waals surface area contributed by atoms with E-state index in [0.29, 0.717) is 67.8 Å². The van der Waals surface area contributed by atoms with Gasteiger partial charge in [0.1, 0.15) is 5.75 Å². The molecular formula is C42H29NO8. The molecule has 250 valence electrons. The Balaban J connectivity index is 1.36. The first-order valence-electron chi connectivity index (χ1n) is 16.7. The van der Waals surface area contributed by atoms with Crippen molar-refractivity contribution in [1.29, 1.82) is 0 Å². The van der Waals surface area contributed by atoms with E-state index in [1.165, 1.54) is 12.0 Å². The van der Waals surface area contributed by atoms with Crippen molar-refractivity contribution in [1.82, 2.24) is 0 Å². The molecule has 9 heteroatoms. The van der Waals surface area contributed by atoms with E-state index < -0.39 is 34.5 Å². The van der Waals surface area contributed by atoms with Crippen molar-refractivity contribution in [2.24, 2.45) is 11.8 Å². The molecule has 2 aliphatic carbocycles. The zero-order valence-corrected chi connectivity index (χ0v) is 27.3. The number of ketones is 1. The summed E-state index contributed by atoms with van der Waals surface area (Å²) in [6, 6.07) is 36.9. The highest BCUT2D eigenvalue weighted by atomic mass is 16.7. The van der Waals surface area contributed by atoms with Gasteiger partial charge in [0.15, 0.2) is 28.8 Å². The number of benzene rings is 5. The van der Waals surface area contributed by atoms with Gasteiger partial charge in [0.05, 0.1) is 35.5 Å². The summed E-state index contributed by atoms with van der Waals surface area (Å²) in [4.78, 5) is 48.0. The third-order valence-corrected chi connectivity index (χ3v) is 11.1. The van der Waals surface area contributed by atoms with Gasteiger partial charge in [-0.05, 0) is 69.8 Å². The molecule has 2 bridgehead atoms. The van der Waals surface area contributed by atoms with Crippen LogP contribution in [0.3, 0.4) is 0 Å². The minimum atomic E-state index is -1.58. The predicted molar refractivity (Wildman–Crippen MR) is 186 cm³/mol. The zero-order valence-electron chi connectivity index (χ0n) is 27.3. The molecule has 1 saturated carbocycles. The van der Waals surface area contributed by atoms with Gasteiger partial charge in [-0.25, -0.2) is 4.90 Å². The van der Waals surface area contributed by atoms with Gasteiger partial charge in [0.2, 0.25) is 25.4 Å². The molecule has 51 heavy (non-hydrogen) atoms. The van der Waals surface area contributed by atoms with Gasteiger partial charge in [-0.3, -0.25) is 14.4 Å². The summed E-state index contributed by atoms with van der Waals surface area (Å²) >= 11 is 0. The maximum absolute atomic E-state index is 16.2. The second-order valence-electron chi connectivity index (χ2n) is 13.2. The normalized spacial score (nSPS) is 25.2. The lowest BCUT2D eigenvalue weighted by Gasteiger charge is -2.39. The number of amides is 2. The summed E-state index contributed by atoms with van der Waals surface area (Å²) in [5.74, 6) is -0.559. The Morgan fingerprint density at radius 1 is 0.569 bits per heavy atom. The van der Waals surface area contributed by atoms with E-state index in [1.807, 2.05) is 97.1 Å². The van der Waals surface area contributed by atoms with Crippen LogP contribution in [0.25, 0.3) is 11.1 Å². The van der Waals surface area contributed by atoms with Gasteiger partial charge >= 0.3 is 0 Å². The summed E-state index contributed by atoms with van der Waals surface area (Å²) in [6.07, 6.45) is 0. The van der Waals surface area contributed by atoms with Crippen molar-refractivity contribution in [3.63, 3.8) is 0 Å². The number of rotatable bonds is 6. The molecule has 1 saturated heterocycles. The number of carbonyl (C=O) groups is 3. The van der Waals surface area contributed by atoms with Gasteiger partial charge in [0.25, 0.3) is 0 Å². The smallest absolute Gasteiger partial charge is 0.239 e. The van der Waals surface area contributed by atoms with E-state index in [2.05, 4.69) is 0 Å². The Hall–Kier alpha value is -6.35. The molecule has 9 nitrogen and oxygen atoms in total. The van der Waals surface area contributed by atoms with Crippen molar-refractivity contribution in [3.8, 4) is 28.7 Å². The Bertz CT molecular complexity index is 2210. The maximum Gasteiger partial charge on any atom is 0.239 e. The number of nitrogens with zero attached hydrogens (tertiary/aromatic N) is 1. The number of Topliss-reactive ketones (excluding diaryl/α,β-unsaturated/α-hetero) is 1. The highest BCUT2D eigenvalue weighted by Crippen LogP contribution is 2.74. The molecular weight excluding hydrogens is 646 g/mol. The van der Waals surface area contributed by atoms with E-state index >= 15 is 14.4 Å². The zero-order chi connectivity index (χ0) is 34.5. The van der Waals surface area contributed by atoms with Crippen molar-refractivity contribution in [2.75, 3.05) is 25.6 Å². The summed E-state index contributed by atoms with van der Waals surface area (Å²) < 4.78 is 28.6. The van der Waals surface area contributed by atoms with E-state index in [1.54, 1.807) is 24.3 Å². The molecule has 2 fully saturated rings. The molecule has 3 heterocycles. The number of carbonyl (C=O) groups excluding carboxylic acids is 3. The first kappa shape index (κ1) is 29.6. The lowest BCUT2D eigenvalue weighted by molar-refractivity contribution is -0.130. The SMILES string of the molecule is COc1cccc(N2C(=O)[C@H]3[C@H](C2=O)[C@@]2(c4ccccc4)C(=O)[C@@]3(c3ccccc3)C(c3ccc4c(c3)OCO4)=C2c2ccc3c(c2)OCO3)c1. The number of allylic oxidation sites excluding steroid dienone is 2. The third-order valence-electron chi connectivity index (χ3n) is 11.1. The van der Waals surface area contributed by atoms with Crippen molar-refractivity contribution in [2.45, 2.75) is 10.8 Å². The summed E-state index contributed by atoms with van der Waals surface area (Å²) in [5, 5.41) is 0. The lowest BCUT2D eigenvalue weighted by atomic mass is 9.59. The fraction of sp³-hybridized carbons (Fsp3) is 0.167. The van der Waals surface area contributed by atoms with E-state index in [-0.39, 0.29) is 19.4 Å². The van der Waals surface area contributed by atoms with Crippen LogP contribution in [-0.2, 0) is 25.2 Å². The van der Waals surface area contributed by atoms with Crippen LogP contribution in [0.4, 0.5) is 5.69 Å². The fourth-order valence-electron chi connectivity index (χ4n) is 9.23. The number of hydrogen-bond donors (Lipinski definition) is 0. The fourth-order valence-corrected chi connectivity index (χ4v) is 9.23. The average Bonchev–Trinajstić information content (AvgIpc) is 3.98. The summed E-state index contributed by atoms with van der Waals surface area (Å²) in [6.45, 7) is 0.132. The molecule has 10 rings (SSSR count). The molecule has 0 radical (unpaired) electrons. The van der Waals surface area contributed by atoms with E-state index in [0.717, 1.165) is 0 Å². The van der Waals surface area contributed by atoms with Crippen LogP contribution in [0.15, 0.2) is 121 Å². The molecule has 3 aliphatic heterocycles. The molecule has 5 aliphatic rings. The molecule has 2 amide bonds. The molecule has 0 aromatic heterocycles. The summed E-state index contributed by atoms with van der Waals surface area (Å²) in [5.41, 5.74) is 1.10. The number of ether oxygens (including phenoxy) is 5. The third kappa shape index (κ3) is 3.67.